The van der Waals surface area contributed by atoms with Crippen LogP contribution in [-0.2, 0) is 19.4 Å². The Morgan fingerprint density at radius 3 is 2.38 bits per heavy atom. The Morgan fingerprint density at radius 2 is 1.88 bits per heavy atom. The van der Waals surface area contributed by atoms with Gasteiger partial charge in [0.25, 0.3) is 0 Å². The summed E-state index contributed by atoms with van der Waals surface area (Å²) >= 11 is 0. The minimum absolute atomic E-state index is 0.00456. The van der Waals surface area contributed by atoms with Crippen LogP contribution in [0.1, 0.15) is 60.8 Å². The Kier molecular flexibility index (Phi) is 7.12. The largest absolute Gasteiger partial charge is 0.444 e. The van der Waals surface area contributed by atoms with E-state index in [1.165, 1.54) is 0 Å². The van der Waals surface area contributed by atoms with Crippen LogP contribution in [0.15, 0.2) is 0 Å². The van der Waals surface area contributed by atoms with Crippen LogP contribution < -0.4 is 5.32 Å². The Bertz CT molecular complexity index is 622. The number of nitrogens with one attached hydrogen (secondary N) is 1. The third-order valence-electron chi connectivity index (χ3n) is 4.87. The highest BCUT2D eigenvalue weighted by Crippen LogP contribution is 2.35. The van der Waals surface area contributed by atoms with Gasteiger partial charge in [-0.1, -0.05) is 13.8 Å². The van der Waals surface area contributed by atoms with Gasteiger partial charge in [-0.2, -0.15) is 0 Å². The third kappa shape index (κ3) is 7.13. The molecule has 0 bridgehead atoms. The van der Waals surface area contributed by atoms with Crippen molar-refractivity contribution in [2.45, 2.75) is 78.5 Å². The van der Waals surface area contributed by atoms with E-state index in [1.807, 2.05) is 6.92 Å². The zero-order chi connectivity index (χ0) is 20.3. The molecule has 1 N–H and O–H groups in total. The first-order valence-corrected chi connectivity index (χ1v) is 11.2. The summed E-state index contributed by atoms with van der Waals surface area (Å²) in [6.07, 6.45) is 2.34. The molecule has 152 valence electrons. The molecule has 8 heteroatoms. The summed E-state index contributed by atoms with van der Waals surface area (Å²) in [7, 11) is -3.25. The van der Waals surface area contributed by atoms with Crippen LogP contribution in [0.3, 0.4) is 0 Å². The van der Waals surface area contributed by atoms with Crippen molar-refractivity contribution >= 4 is 21.8 Å². The van der Waals surface area contributed by atoms with Crippen molar-refractivity contribution in [1.29, 1.82) is 0 Å². The molecule has 1 saturated heterocycles. The molecule has 2 amide bonds. The van der Waals surface area contributed by atoms with Crippen molar-refractivity contribution in [3.8, 4) is 0 Å². The molecule has 0 radical (unpaired) electrons. The number of nitrogens with zero attached hydrogens (tertiary/aromatic N) is 1. The first-order chi connectivity index (χ1) is 11.6. The van der Waals surface area contributed by atoms with Crippen molar-refractivity contribution in [2.24, 2.45) is 5.41 Å². The summed E-state index contributed by atoms with van der Waals surface area (Å²) in [6, 6.07) is -0.916. The molecule has 2 atom stereocenters. The lowest BCUT2D eigenvalue weighted by Gasteiger charge is -2.46. The van der Waals surface area contributed by atoms with E-state index in [4.69, 9.17) is 4.74 Å². The van der Waals surface area contributed by atoms with Gasteiger partial charge in [0, 0.05) is 18.8 Å². The van der Waals surface area contributed by atoms with Gasteiger partial charge in [-0.05, 0) is 52.4 Å². The third-order valence-corrected chi connectivity index (χ3v) is 5.85. The number of rotatable bonds is 5. The normalized spacial score (nSPS) is 21.8. The van der Waals surface area contributed by atoms with E-state index < -0.39 is 27.6 Å². The quantitative estimate of drug-likeness (QED) is 0.778. The average Bonchev–Trinajstić information content (AvgIpc) is 2.42. The fraction of sp³-hybridized carbons (Fsp3) is 0.889. The van der Waals surface area contributed by atoms with Crippen LogP contribution in [0, 0.1) is 5.41 Å². The first-order valence-electron chi connectivity index (χ1n) is 9.10. The van der Waals surface area contributed by atoms with E-state index in [-0.39, 0.29) is 29.5 Å². The molecule has 1 fully saturated rings. The molecule has 1 unspecified atom stereocenters. The smallest absolute Gasteiger partial charge is 0.408 e. The van der Waals surface area contributed by atoms with Gasteiger partial charge in [0.2, 0.25) is 5.91 Å². The van der Waals surface area contributed by atoms with Gasteiger partial charge in [-0.15, -0.1) is 0 Å². The molecule has 7 nitrogen and oxygen atoms in total. The molecule has 0 aromatic rings. The van der Waals surface area contributed by atoms with E-state index in [2.05, 4.69) is 19.2 Å². The Hall–Kier alpha value is -1.31. The Balaban J connectivity index is 2.95. The molecular formula is C18H34N2O5S. The van der Waals surface area contributed by atoms with Crippen molar-refractivity contribution in [2.75, 3.05) is 18.6 Å². The summed E-state index contributed by atoms with van der Waals surface area (Å²) in [5, 5.41) is 2.57. The predicted octanol–water partition coefficient (Wildman–Crippen LogP) is 2.35. The molecule has 0 saturated carbocycles. The monoisotopic (exact) mass is 390 g/mol. The Labute approximate surface area is 157 Å². The molecule has 26 heavy (non-hydrogen) atoms. The topological polar surface area (TPSA) is 92.8 Å². The summed E-state index contributed by atoms with van der Waals surface area (Å²) in [5.41, 5.74) is -0.726. The summed E-state index contributed by atoms with van der Waals surface area (Å²) < 4.78 is 28.3. The molecule has 1 aliphatic rings. The van der Waals surface area contributed by atoms with Crippen LogP contribution >= 0.6 is 0 Å². The molecule has 1 aliphatic heterocycles. The van der Waals surface area contributed by atoms with Gasteiger partial charge in [0.1, 0.15) is 21.5 Å². The fourth-order valence-electron chi connectivity index (χ4n) is 3.07. The Morgan fingerprint density at radius 1 is 1.31 bits per heavy atom. The second-order valence-electron chi connectivity index (χ2n) is 8.92. The number of likely N-dealkylation sites (tertiary alicyclic amines) is 1. The van der Waals surface area contributed by atoms with Gasteiger partial charge in [-0.25, -0.2) is 13.2 Å². The lowest BCUT2D eigenvalue weighted by molar-refractivity contribution is -0.140. The van der Waals surface area contributed by atoms with Gasteiger partial charge >= 0.3 is 6.09 Å². The molecule has 0 aliphatic carbocycles. The number of sulfone groups is 1. The van der Waals surface area contributed by atoms with E-state index in [0.717, 1.165) is 19.1 Å². The van der Waals surface area contributed by atoms with Crippen LogP contribution in [-0.4, -0.2) is 61.6 Å². The van der Waals surface area contributed by atoms with Crippen molar-refractivity contribution in [3.63, 3.8) is 0 Å². The highest BCUT2D eigenvalue weighted by Gasteiger charge is 2.39. The summed E-state index contributed by atoms with van der Waals surface area (Å²) in [4.78, 5) is 27.0. The van der Waals surface area contributed by atoms with Gasteiger partial charge < -0.3 is 15.0 Å². The number of piperidine rings is 1. The summed E-state index contributed by atoms with van der Waals surface area (Å²) in [5.74, 6) is -0.426. The zero-order valence-corrected chi connectivity index (χ0v) is 17.9. The highest BCUT2D eigenvalue weighted by atomic mass is 32.2. The number of hydrogen-bond donors (Lipinski definition) is 1. The molecule has 0 aromatic carbocycles. The van der Waals surface area contributed by atoms with Crippen molar-refractivity contribution < 1.29 is 22.7 Å². The van der Waals surface area contributed by atoms with Crippen molar-refractivity contribution in [3.05, 3.63) is 0 Å². The molecular weight excluding hydrogens is 356 g/mol. The number of carbonyl (C=O) groups excluding carboxylic acids is 2. The number of hydrogen-bond acceptors (Lipinski definition) is 5. The summed E-state index contributed by atoms with van der Waals surface area (Å²) in [6.45, 7) is 12.0. The average molecular weight is 391 g/mol. The van der Waals surface area contributed by atoms with Crippen molar-refractivity contribution in [1.82, 2.24) is 10.2 Å². The molecule has 0 aromatic heterocycles. The second-order valence-corrected chi connectivity index (χ2v) is 11.2. The second kappa shape index (κ2) is 8.15. The van der Waals surface area contributed by atoms with Crippen LogP contribution in [0.5, 0.6) is 0 Å². The van der Waals surface area contributed by atoms with E-state index in [0.29, 0.717) is 6.54 Å². The molecule has 1 heterocycles. The minimum Gasteiger partial charge on any atom is -0.444 e. The van der Waals surface area contributed by atoms with E-state index in [9.17, 15) is 18.0 Å². The van der Waals surface area contributed by atoms with Crippen LogP contribution in [0.25, 0.3) is 0 Å². The number of alkyl carbamates (subject to hydrolysis) is 1. The fourth-order valence-corrected chi connectivity index (χ4v) is 3.73. The minimum atomic E-state index is -3.25. The predicted molar refractivity (Wildman–Crippen MR) is 102 cm³/mol. The first kappa shape index (κ1) is 22.7. The van der Waals surface area contributed by atoms with Crippen LogP contribution in [0.4, 0.5) is 4.79 Å². The SMILES string of the molecule is CC1N(C(=O)[C@@H](CCS(C)(=O)=O)NC(=O)OC(C)(C)C)CCCC1(C)C. The lowest BCUT2D eigenvalue weighted by Crippen LogP contribution is -2.57. The molecule has 1 rings (SSSR count). The number of ether oxygens (including phenoxy) is 1. The number of amides is 2. The van der Waals surface area contributed by atoms with Gasteiger partial charge in [-0.3, -0.25) is 4.79 Å². The molecule has 0 spiro atoms. The standard InChI is InChI=1S/C18H34N2O5S/c1-13-18(5,6)10-8-11-20(13)15(21)14(9-12-26(7,23)24)19-16(22)25-17(2,3)4/h13-14H,8-12H2,1-7H3,(H,19,22)/t13?,14-/m1/s1. The maximum atomic E-state index is 13.1. The zero-order valence-electron chi connectivity index (χ0n) is 17.1. The maximum absolute atomic E-state index is 13.1. The number of carbonyl (C=O) groups is 2. The highest BCUT2D eigenvalue weighted by molar-refractivity contribution is 7.90. The van der Waals surface area contributed by atoms with E-state index >= 15 is 0 Å². The van der Waals surface area contributed by atoms with Gasteiger partial charge in [0.05, 0.1) is 5.75 Å². The van der Waals surface area contributed by atoms with Gasteiger partial charge in [0.15, 0.2) is 0 Å². The maximum Gasteiger partial charge on any atom is 0.408 e. The van der Waals surface area contributed by atoms with Crippen LogP contribution in [0.2, 0.25) is 0 Å². The lowest BCUT2D eigenvalue weighted by atomic mass is 9.77. The van der Waals surface area contributed by atoms with E-state index in [1.54, 1.807) is 25.7 Å².